The van der Waals surface area contributed by atoms with Crippen LogP contribution in [0.25, 0.3) is 0 Å². The first-order valence-electron chi connectivity index (χ1n) is 11.2. The normalized spacial score (nSPS) is 24.3. The first-order chi connectivity index (χ1) is 15.9. The van der Waals surface area contributed by atoms with Crippen molar-refractivity contribution in [2.45, 2.75) is 37.1 Å². The van der Waals surface area contributed by atoms with Crippen LogP contribution in [0.2, 0.25) is 0 Å². The molecule has 8 nitrogen and oxygen atoms in total. The maximum Gasteiger partial charge on any atom is 0.324 e. The molecule has 2 atom stereocenters. The zero-order chi connectivity index (χ0) is 23.2. The summed E-state index contributed by atoms with van der Waals surface area (Å²) in [6.45, 7) is 0.529. The van der Waals surface area contributed by atoms with Crippen molar-refractivity contribution < 1.29 is 19.2 Å². The standard InChI is InChI=1S/C25H26N4O4/c1-28-24(33)27-23(32)25(28)12-17-7-9-20(11-19(17)13-25)26-21(30)15-29-14-18(8-10-22(29)31)16-5-3-2-4-6-16/h2-7,9,11,18H,8,10,12-15H2,1H3,(H,26,30)(H,27,32,33)/t18-,25-/m1/s1. The van der Waals surface area contributed by atoms with E-state index in [-0.39, 0.29) is 36.2 Å². The smallest absolute Gasteiger partial charge is 0.324 e. The molecule has 0 bridgehead atoms. The molecule has 2 aliphatic heterocycles. The Morgan fingerprint density at radius 1 is 1.09 bits per heavy atom. The van der Waals surface area contributed by atoms with Crippen molar-refractivity contribution in [3.05, 3.63) is 65.2 Å². The fraction of sp³-hybridized carbons (Fsp3) is 0.360. The van der Waals surface area contributed by atoms with Gasteiger partial charge in [-0.15, -0.1) is 0 Å². The van der Waals surface area contributed by atoms with Gasteiger partial charge in [0.25, 0.3) is 5.91 Å². The average Bonchev–Trinajstić information content (AvgIpc) is 3.29. The largest absolute Gasteiger partial charge is 0.333 e. The van der Waals surface area contributed by atoms with Crippen molar-refractivity contribution in [1.29, 1.82) is 0 Å². The maximum absolute atomic E-state index is 12.7. The molecule has 2 fully saturated rings. The molecule has 5 rings (SSSR count). The molecule has 8 heteroatoms. The monoisotopic (exact) mass is 446 g/mol. The second kappa shape index (κ2) is 8.03. The second-order valence-electron chi connectivity index (χ2n) is 9.16. The van der Waals surface area contributed by atoms with Crippen molar-refractivity contribution in [2.24, 2.45) is 0 Å². The van der Waals surface area contributed by atoms with Crippen molar-refractivity contribution in [2.75, 3.05) is 25.5 Å². The predicted octanol–water partition coefficient (Wildman–Crippen LogP) is 2.05. The first-order valence-corrected chi connectivity index (χ1v) is 11.2. The molecule has 0 unspecified atom stereocenters. The minimum Gasteiger partial charge on any atom is -0.333 e. The number of imide groups is 1. The lowest BCUT2D eigenvalue weighted by Gasteiger charge is -2.32. The van der Waals surface area contributed by atoms with Crippen LogP contribution in [0, 0.1) is 0 Å². The summed E-state index contributed by atoms with van der Waals surface area (Å²) >= 11 is 0. The Bertz CT molecular complexity index is 1150. The van der Waals surface area contributed by atoms with E-state index in [2.05, 4.69) is 22.8 Å². The van der Waals surface area contributed by atoms with Crippen LogP contribution in [0.4, 0.5) is 10.5 Å². The van der Waals surface area contributed by atoms with Gasteiger partial charge < -0.3 is 15.1 Å². The van der Waals surface area contributed by atoms with Gasteiger partial charge in [0.15, 0.2) is 0 Å². The summed E-state index contributed by atoms with van der Waals surface area (Å²) in [5, 5.41) is 5.28. The van der Waals surface area contributed by atoms with Gasteiger partial charge in [0.2, 0.25) is 11.8 Å². The van der Waals surface area contributed by atoms with Gasteiger partial charge in [-0.3, -0.25) is 19.7 Å². The van der Waals surface area contributed by atoms with Gasteiger partial charge in [-0.1, -0.05) is 36.4 Å². The number of urea groups is 1. The van der Waals surface area contributed by atoms with Crippen molar-refractivity contribution in [1.82, 2.24) is 15.1 Å². The predicted molar refractivity (Wildman–Crippen MR) is 122 cm³/mol. The Kier molecular flexibility index (Phi) is 5.15. The number of nitrogens with zero attached hydrogens (tertiary/aromatic N) is 2. The third kappa shape index (κ3) is 3.75. The molecule has 1 aliphatic carbocycles. The Labute approximate surface area is 191 Å². The summed E-state index contributed by atoms with van der Waals surface area (Å²) in [4.78, 5) is 52.7. The molecule has 0 radical (unpaired) electrons. The topological polar surface area (TPSA) is 98.8 Å². The van der Waals surface area contributed by atoms with Crippen molar-refractivity contribution in [3.63, 3.8) is 0 Å². The summed E-state index contributed by atoms with van der Waals surface area (Å²) in [6.07, 6.45) is 2.08. The van der Waals surface area contributed by atoms with Gasteiger partial charge in [0.05, 0.1) is 6.54 Å². The molecule has 1 spiro atoms. The first kappa shape index (κ1) is 21.2. The number of carbonyl (C=O) groups excluding carboxylic acids is 4. The van der Waals surface area contributed by atoms with Gasteiger partial charge in [-0.25, -0.2) is 4.79 Å². The van der Waals surface area contributed by atoms with E-state index in [1.807, 2.05) is 30.3 Å². The molecule has 3 aliphatic rings. The quantitative estimate of drug-likeness (QED) is 0.703. The highest BCUT2D eigenvalue weighted by molar-refractivity contribution is 6.07. The number of piperidine rings is 1. The lowest BCUT2D eigenvalue weighted by Crippen LogP contribution is -2.48. The molecule has 0 saturated carbocycles. The van der Waals surface area contributed by atoms with Crippen LogP contribution in [0.3, 0.4) is 0 Å². The van der Waals surface area contributed by atoms with Gasteiger partial charge >= 0.3 is 6.03 Å². The molecule has 2 aromatic carbocycles. The molecule has 0 aromatic heterocycles. The van der Waals surface area contributed by atoms with E-state index in [9.17, 15) is 19.2 Å². The number of amides is 5. The average molecular weight is 447 g/mol. The van der Waals surface area contributed by atoms with E-state index >= 15 is 0 Å². The summed E-state index contributed by atoms with van der Waals surface area (Å²) in [5.74, 6) is -0.317. The number of rotatable bonds is 4. The lowest BCUT2D eigenvalue weighted by atomic mass is 9.90. The van der Waals surface area contributed by atoms with Gasteiger partial charge in [0.1, 0.15) is 5.54 Å². The van der Waals surface area contributed by atoms with Crippen LogP contribution in [0.5, 0.6) is 0 Å². The highest BCUT2D eigenvalue weighted by atomic mass is 16.2. The Morgan fingerprint density at radius 3 is 2.58 bits per heavy atom. The second-order valence-corrected chi connectivity index (χ2v) is 9.16. The zero-order valence-corrected chi connectivity index (χ0v) is 18.5. The van der Waals surface area contributed by atoms with Gasteiger partial charge in [-0.2, -0.15) is 0 Å². The van der Waals surface area contributed by atoms with E-state index in [1.165, 1.54) is 10.5 Å². The number of hydrogen-bond acceptors (Lipinski definition) is 4. The summed E-state index contributed by atoms with van der Waals surface area (Å²) in [5.41, 5.74) is 2.83. The fourth-order valence-electron chi connectivity index (χ4n) is 5.21. The van der Waals surface area contributed by atoms with E-state index < -0.39 is 5.54 Å². The maximum atomic E-state index is 12.7. The number of likely N-dealkylation sites (N-methyl/N-ethyl adjacent to an activating group) is 1. The van der Waals surface area contributed by atoms with Crippen LogP contribution >= 0.6 is 0 Å². The molecular formula is C25H26N4O4. The molecule has 2 saturated heterocycles. The summed E-state index contributed by atoms with van der Waals surface area (Å²) in [7, 11) is 1.63. The number of hydrogen-bond donors (Lipinski definition) is 2. The Hall–Kier alpha value is -3.68. The zero-order valence-electron chi connectivity index (χ0n) is 18.5. The fourth-order valence-corrected chi connectivity index (χ4v) is 5.21. The molecule has 5 amide bonds. The number of anilines is 1. The van der Waals surface area contributed by atoms with Gasteiger partial charge in [-0.05, 0) is 35.2 Å². The van der Waals surface area contributed by atoms with Crippen LogP contribution in [0.15, 0.2) is 48.5 Å². The Balaban J connectivity index is 1.24. The molecule has 2 N–H and O–H groups in total. The summed E-state index contributed by atoms with van der Waals surface area (Å²) in [6, 6.07) is 15.2. The van der Waals surface area contributed by atoms with Crippen molar-refractivity contribution in [3.8, 4) is 0 Å². The molecule has 2 heterocycles. The van der Waals surface area contributed by atoms with E-state index in [4.69, 9.17) is 0 Å². The van der Waals surface area contributed by atoms with Crippen LogP contribution in [-0.4, -0.2) is 59.2 Å². The SMILES string of the molecule is CN1C(=O)NC(=O)[C@]12Cc1ccc(NC(=O)CN3C[C@H](c4ccccc4)CCC3=O)cc1C2. The number of likely N-dealkylation sites (tertiary alicyclic amines) is 1. The van der Waals surface area contributed by atoms with E-state index in [0.29, 0.717) is 31.5 Å². The third-order valence-corrected chi connectivity index (χ3v) is 7.15. The number of benzene rings is 2. The van der Waals surface area contributed by atoms with Gasteiger partial charge in [0, 0.05) is 44.5 Å². The van der Waals surface area contributed by atoms with Crippen LogP contribution in [0.1, 0.15) is 35.4 Å². The van der Waals surface area contributed by atoms with Crippen LogP contribution in [-0.2, 0) is 27.2 Å². The number of carbonyl (C=O) groups is 4. The lowest BCUT2D eigenvalue weighted by molar-refractivity contribution is -0.137. The molecular weight excluding hydrogens is 420 g/mol. The number of nitrogens with one attached hydrogen (secondary N) is 2. The van der Waals surface area contributed by atoms with Crippen molar-refractivity contribution >= 4 is 29.4 Å². The highest BCUT2D eigenvalue weighted by Crippen LogP contribution is 2.38. The minimum atomic E-state index is -0.894. The number of fused-ring (bicyclic) bond motifs is 1. The minimum absolute atomic E-state index is 0.00281. The highest BCUT2D eigenvalue weighted by Gasteiger charge is 2.54. The van der Waals surface area contributed by atoms with E-state index in [1.54, 1.807) is 18.0 Å². The third-order valence-electron chi connectivity index (χ3n) is 7.15. The molecule has 2 aromatic rings. The van der Waals surface area contributed by atoms with Crippen LogP contribution < -0.4 is 10.6 Å². The Morgan fingerprint density at radius 2 is 1.85 bits per heavy atom. The summed E-state index contributed by atoms with van der Waals surface area (Å²) < 4.78 is 0. The molecule has 33 heavy (non-hydrogen) atoms. The molecule has 170 valence electrons. The van der Waals surface area contributed by atoms with E-state index in [0.717, 1.165) is 17.5 Å².